The fraction of sp³-hybridized carbons (Fsp3) is 0.0959. The summed E-state index contributed by atoms with van der Waals surface area (Å²) in [6.45, 7) is 14.1. The maximum absolute atomic E-state index is 4.48. The highest BCUT2D eigenvalue weighted by Gasteiger charge is 2.41. The van der Waals surface area contributed by atoms with E-state index in [0.717, 1.165) is 17.7 Å². The van der Waals surface area contributed by atoms with Crippen molar-refractivity contribution < 1.29 is 0 Å². The maximum atomic E-state index is 4.48. The molecule has 11 aromatic rings. The van der Waals surface area contributed by atoms with Crippen LogP contribution < -0.4 is 0 Å². The lowest BCUT2D eigenvalue weighted by Gasteiger charge is -2.24. The molecule has 0 fully saturated rings. The van der Waals surface area contributed by atoms with Crippen LogP contribution in [-0.2, 0) is 10.8 Å². The van der Waals surface area contributed by atoms with Gasteiger partial charge in [0.1, 0.15) is 0 Å². The fourth-order valence-electron chi connectivity index (χ4n) is 12.8. The number of benzene rings is 9. The monoisotopic (exact) mass is 960 g/mol. The van der Waals surface area contributed by atoms with Gasteiger partial charge in [0.2, 0.25) is 0 Å². The Bertz CT molecular complexity index is 4440. The van der Waals surface area contributed by atoms with Crippen LogP contribution in [-0.4, -0.2) is 9.13 Å². The second kappa shape index (κ2) is 17.0. The molecule has 0 saturated heterocycles. The Balaban J connectivity index is 0.751. The van der Waals surface area contributed by atoms with Gasteiger partial charge in [-0.15, -0.1) is 0 Å². The smallest absolute Gasteiger partial charge is 0.0541 e. The van der Waals surface area contributed by atoms with Crippen LogP contribution in [0.15, 0.2) is 231 Å². The summed E-state index contributed by atoms with van der Waals surface area (Å²) in [5, 5.41) is 7.49. The van der Waals surface area contributed by atoms with Crippen LogP contribution in [0.3, 0.4) is 0 Å². The number of hydrogen-bond donors (Lipinski definition) is 0. The van der Waals surface area contributed by atoms with E-state index >= 15 is 0 Å². The molecule has 0 atom stereocenters. The van der Waals surface area contributed by atoms with Crippen LogP contribution in [0.1, 0.15) is 78.6 Å². The van der Waals surface area contributed by atoms with Crippen molar-refractivity contribution in [3.8, 4) is 27.9 Å². The first kappa shape index (κ1) is 44.7. The number of para-hydroxylation sites is 2. The van der Waals surface area contributed by atoms with Crippen LogP contribution in [0, 0.1) is 0 Å². The third-order valence-electron chi connectivity index (χ3n) is 16.6. The van der Waals surface area contributed by atoms with E-state index < -0.39 is 0 Å². The summed E-state index contributed by atoms with van der Waals surface area (Å²) < 4.78 is 4.79. The van der Waals surface area contributed by atoms with Gasteiger partial charge in [-0.3, -0.25) is 0 Å². The minimum atomic E-state index is -0.156. The molecule has 0 radical (unpaired) electrons. The first-order valence-electron chi connectivity index (χ1n) is 26.4. The summed E-state index contributed by atoms with van der Waals surface area (Å²) >= 11 is 0. The van der Waals surface area contributed by atoms with Gasteiger partial charge in [0.15, 0.2) is 0 Å². The molecular formula is C73H56N2. The van der Waals surface area contributed by atoms with E-state index in [1.165, 1.54) is 127 Å². The van der Waals surface area contributed by atoms with Gasteiger partial charge < -0.3 is 9.13 Å². The highest BCUT2D eigenvalue weighted by molar-refractivity contribution is 6.13. The summed E-state index contributed by atoms with van der Waals surface area (Å²) in [5.41, 5.74) is 23.5. The van der Waals surface area contributed by atoms with E-state index in [4.69, 9.17) is 0 Å². The number of hydrogen-bond acceptors (Lipinski definition) is 0. The third kappa shape index (κ3) is 7.08. The van der Waals surface area contributed by atoms with Crippen molar-refractivity contribution in [1.82, 2.24) is 9.13 Å². The Morgan fingerprint density at radius 1 is 0.400 bits per heavy atom. The van der Waals surface area contributed by atoms with E-state index in [1.54, 1.807) is 0 Å². The van der Waals surface area contributed by atoms with E-state index in [0.29, 0.717) is 0 Å². The lowest BCUT2D eigenvalue weighted by atomic mass is 9.79. The quantitative estimate of drug-likeness (QED) is 0.147. The first-order valence-corrected chi connectivity index (χ1v) is 26.4. The van der Waals surface area contributed by atoms with Crippen molar-refractivity contribution in [2.45, 2.75) is 44.9 Å². The number of allylic oxidation sites excluding steroid dienone is 9. The minimum Gasteiger partial charge on any atom is -0.309 e. The van der Waals surface area contributed by atoms with Gasteiger partial charge in [-0.2, -0.15) is 0 Å². The van der Waals surface area contributed by atoms with Crippen LogP contribution in [0.2, 0.25) is 0 Å². The topological polar surface area (TPSA) is 9.86 Å². The van der Waals surface area contributed by atoms with E-state index in [1.807, 2.05) is 0 Å². The molecule has 0 N–H and O–H groups in total. The molecule has 2 heteroatoms. The summed E-state index contributed by atoms with van der Waals surface area (Å²) in [5.74, 6) is 0. The average molecular weight is 961 g/mol. The van der Waals surface area contributed by atoms with Gasteiger partial charge in [0.25, 0.3) is 0 Å². The van der Waals surface area contributed by atoms with Gasteiger partial charge >= 0.3 is 0 Å². The Hall–Kier alpha value is -8.98. The Morgan fingerprint density at radius 3 is 1.48 bits per heavy atom. The van der Waals surface area contributed by atoms with Gasteiger partial charge in [-0.05, 0) is 145 Å². The van der Waals surface area contributed by atoms with Crippen molar-refractivity contribution >= 4 is 84.4 Å². The van der Waals surface area contributed by atoms with Crippen molar-refractivity contribution in [3.05, 3.63) is 275 Å². The second-order valence-corrected chi connectivity index (χ2v) is 21.8. The predicted octanol–water partition coefficient (Wildman–Crippen LogP) is 19.5. The Kier molecular flexibility index (Phi) is 10.2. The van der Waals surface area contributed by atoms with Crippen molar-refractivity contribution in [2.24, 2.45) is 0 Å². The molecule has 2 aromatic heterocycles. The predicted molar refractivity (Wildman–Crippen MR) is 323 cm³/mol. The summed E-state index contributed by atoms with van der Waals surface area (Å²) in [7, 11) is 0. The van der Waals surface area contributed by atoms with Crippen LogP contribution in [0.25, 0.3) is 112 Å². The standard InChI is InChI=1S/C73H56N2/c1-47-19-10-8-6-7-9-11-25-66(47)74-68-26-16-14-23-56(68)60-41-48(35-39-70(60)74)29-31-50-33-37-54-58-45-65-59(46-64(58)72(2,3)62(54)43-50)55-38-34-51(44-63(55)73(65,4)5)32-30-49-36-40-71-61(42-49)57-24-15-17-27-69(57)75(71)67-28-18-21-52-20-12-13-22-53(52)67/h6,8-46H,1,7H2,2-5H3/b8-6-,11-9-,19-10-,31-29+,32-30+,66-25?. The van der Waals surface area contributed by atoms with E-state index in [-0.39, 0.29) is 10.8 Å². The fourth-order valence-corrected chi connectivity index (χ4v) is 12.8. The van der Waals surface area contributed by atoms with Crippen molar-refractivity contribution in [3.63, 3.8) is 0 Å². The number of rotatable bonds is 6. The first-order chi connectivity index (χ1) is 36.6. The molecule has 75 heavy (non-hydrogen) atoms. The van der Waals surface area contributed by atoms with Crippen LogP contribution in [0.5, 0.6) is 0 Å². The zero-order valence-electron chi connectivity index (χ0n) is 42.9. The van der Waals surface area contributed by atoms with Crippen molar-refractivity contribution in [2.75, 3.05) is 0 Å². The highest BCUT2D eigenvalue weighted by atomic mass is 15.0. The van der Waals surface area contributed by atoms with Gasteiger partial charge in [-0.1, -0.05) is 216 Å². The molecule has 3 aliphatic carbocycles. The molecule has 0 amide bonds. The highest BCUT2D eigenvalue weighted by Crippen LogP contribution is 2.56. The molecule has 9 aromatic carbocycles. The van der Waals surface area contributed by atoms with Gasteiger partial charge in [0.05, 0.1) is 33.5 Å². The number of fused-ring (bicyclic) bond motifs is 13. The molecule has 2 heterocycles. The van der Waals surface area contributed by atoms with Crippen LogP contribution in [0.4, 0.5) is 0 Å². The zero-order valence-corrected chi connectivity index (χ0v) is 42.9. The molecule has 0 spiro atoms. The lowest BCUT2D eigenvalue weighted by molar-refractivity contribution is 0.652. The number of nitrogens with zero attached hydrogens (tertiary/aromatic N) is 2. The third-order valence-corrected chi connectivity index (χ3v) is 16.6. The molecule has 358 valence electrons. The summed E-state index contributed by atoms with van der Waals surface area (Å²) in [6.07, 6.45) is 25.0. The molecular weight excluding hydrogens is 905 g/mol. The second-order valence-electron chi connectivity index (χ2n) is 21.8. The molecule has 0 saturated carbocycles. The van der Waals surface area contributed by atoms with Crippen LogP contribution >= 0.6 is 0 Å². The van der Waals surface area contributed by atoms with E-state index in [9.17, 15) is 0 Å². The Labute approximate surface area is 439 Å². The van der Waals surface area contributed by atoms with Gasteiger partial charge in [0, 0.05) is 37.8 Å². The van der Waals surface area contributed by atoms with Crippen molar-refractivity contribution in [1.29, 1.82) is 0 Å². The SMILES string of the molecule is C=C1/C=C\C=C/C/C=C\C=C1n1c2ccccc2c2cc(/C=C/c3ccc4c(c3)C(C)(C)c3cc5c(cc3-4)C(C)(C)c3cc(/C=C/c4ccc6c(c4)c4ccccc4n6-c4cccc6ccccc46)ccc3-5)ccc21. The normalized spacial score (nSPS) is 16.7. The number of aromatic nitrogens is 2. The van der Waals surface area contributed by atoms with Gasteiger partial charge in [-0.25, -0.2) is 0 Å². The lowest BCUT2D eigenvalue weighted by Crippen LogP contribution is -2.17. The molecule has 2 nitrogen and oxygen atoms in total. The minimum absolute atomic E-state index is 0.153. The largest absolute Gasteiger partial charge is 0.309 e. The summed E-state index contributed by atoms with van der Waals surface area (Å²) in [4.78, 5) is 0. The Morgan fingerprint density at radius 2 is 0.867 bits per heavy atom. The average Bonchev–Trinajstić information content (AvgIpc) is 4.11. The molecule has 0 aliphatic heterocycles. The molecule has 3 aliphatic rings. The zero-order chi connectivity index (χ0) is 50.6. The molecule has 0 unspecified atom stereocenters. The maximum Gasteiger partial charge on any atom is 0.0541 e. The van der Waals surface area contributed by atoms with E-state index in [2.05, 4.69) is 286 Å². The summed E-state index contributed by atoms with van der Waals surface area (Å²) in [6, 6.07) is 65.8. The molecule has 0 bridgehead atoms. The molecule has 14 rings (SSSR count).